The molecule has 1 saturated heterocycles. The van der Waals surface area contributed by atoms with Gasteiger partial charge in [0.05, 0.1) is 11.6 Å². The number of hydrogen-bond donors (Lipinski definition) is 1. The molecule has 4 nitrogen and oxygen atoms in total. The molecule has 1 unspecified atom stereocenters. The van der Waals surface area contributed by atoms with Crippen LogP contribution in [0, 0.1) is 11.3 Å². The topological polar surface area (TPSA) is 56.1 Å². The Kier molecular flexibility index (Phi) is 3.83. The summed E-state index contributed by atoms with van der Waals surface area (Å²) >= 11 is 0. The van der Waals surface area contributed by atoms with Crippen molar-refractivity contribution in [1.82, 2.24) is 4.90 Å². The van der Waals surface area contributed by atoms with Crippen LogP contribution in [0.5, 0.6) is 0 Å². The maximum Gasteiger partial charge on any atom is 0.222 e. The Morgan fingerprint density at radius 2 is 2.22 bits per heavy atom. The zero-order valence-electron chi connectivity index (χ0n) is 10.5. The molecule has 1 aromatic rings. The number of likely N-dealkylation sites (tertiary alicyclic amines) is 1. The van der Waals surface area contributed by atoms with Crippen molar-refractivity contribution in [3.05, 3.63) is 29.8 Å². The fourth-order valence-electron chi connectivity index (χ4n) is 2.20. The monoisotopic (exact) mass is 243 g/mol. The number of benzene rings is 1. The second-order valence-electron chi connectivity index (χ2n) is 4.51. The van der Waals surface area contributed by atoms with Crippen LogP contribution in [0.15, 0.2) is 24.3 Å². The maximum atomic E-state index is 11.6. The fraction of sp³-hybridized carbons (Fsp3) is 0.429. The molecule has 4 heteroatoms. The van der Waals surface area contributed by atoms with Gasteiger partial charge in [-0.05, 0) is 30.7 Å². The highest BCUT2D eigenvalue weighted by atomic mass is 16.2. The van der Waals surface area contributed by atoms with Crippen molar-refractivity contribution in [1.29, 1.82) is 5.26 Å². The third-order valence-corrected chi connectivity index (χ3v) is 3.23. The van der Waals surface area contributed by atoms with Crippen LogP contribution in [0.25, 0.3) is 0 Å². The first-order chi connectivity index (χ1) is 8.72. The summed E-state index contributed by atoms with van der Waals surface area (Å²) in [5.74, 6) is 0.221. The first-order valence-electron chi connectivity index (χ1n) is 6.27. The molecule has 1 amide bonds. The third kappa shape index (κ3) is 2.80. The zero-order valence-corrected chi connectivity index (χ0v) is 10.5. The highest BCUT2D eigenvalue weighted by Crippen LogP contribution is 2.17. The van der Waals surface area contributed by atoms with E-state index in [1.54, 1.807) is 12.1 Å². The van der Waals surface area contributed by atoms with E-state index in [0.717, 1.165) is 25.2 Å². The Morgan fingerprint density at radius 3 is 2.83 bits per heavy atom. The predicted molar refractivity (Wildman–Crippen MR) is 70.1 cm³/mol. The van der Waals surface area contributed by atoms with Crippen LogP contribution in [0.2, 0.25) is 0 Å². The molecule has 0 radical (unpaired) electrons. The van der Waals surface area contributed by atoms with Gasteiger partial charge in [0.1, 0.15) is 0 Å². The van der Waals surface area contributed by atoms with E-state index in [1.807, 2.05) is 24.0 Å². The van der Waals surface area contributed by atoms with Crippen molar-refractivity contribution in [3.63, 3.8) is 0 Å². The third-order valence-electron chi connectivity index (χ3n) is 3.23. The molecule has 1 atom stereocenters. The standard InChI is InChI=1S/C14H17N3O/c1-2-14(18)17-8-7-13(10-17)16-12-5-3-11(9-15)4-6-12/h3-6,13,16H,2,7-8,10H2,1H3. The van der Waals surface area contributed by atoms with E-state index in [2.05, 4.69) is 11.4 Å². The first kappa shape index (κ1) is 12.4. The van der Waals surface area contributed by atoms with Crippen LogP contribution in [0.4, 0.5) is 5.69 Å². The molecule has 0 aromatic heterocycles. The molecule has 2 rings (SSSR count). The van der Waals surface area contributed by atoms with Crippen molar-refractivity contribution in [3.8, 4) is 6.07 Å². The summed E-state index contributed by atoms with van der Waals surface area (Å²) in [7, 11) is 0. The number of nitrogens with zero attached hydrogens (tertiary/aromatic N) is 2. The number of carbonyl (C=O) groups excluding carboxylic acids is 1. The van der Waals surface area contributed by atoms with Crippen LogP contribution < -0.4 is 5.32 Å². The van der Waals surface area contributed by atoms with E-state index in [0.29, 0.717) is 18.0 Å². The minimum atomic E-state index is 0.221. The van der Waals surface area contributed by atoms with Gasteiger partial charge in [-0.3, -0.25) is 4.79 Å². The van der Waals surface area contributed by atoms with Gasteiger partial charge in [0.25, 0.3) is 0 Å². The molecular formula is C14H17N3O. The van der Waals surface area contributed by atoms with E-state index < -0.39 is 0 Å². The molecule has 18 heavy (non-hydrogen) atoms. The lowest BCUT2D eigenvalue weighted by Crippen LogP contribution is -2.30. The van der Waals surface area contributed by atoms with Gasteiger partial charge < -0.3 is 10.2 Å². The van der Waals surface area contributed by atoms with Crippen molar-refractivity contribution in [2.24, 2.45) is 0 Å². The Hall–Kier alpha value is -2.02. The lowest BCUT2D eigenvalue weighted by molar-refractivity contribution is -0.129. The maximum absolute atomic E-state index is 11.6. The van der Waals surface area contributed by atoms with Gasteiger partial charge in [0.15, 0.2) is 0 Å². The Bertz CT molecular complexity index is 461. The number of amides is 1. The second-order valence-corrected chi connectivity index (χ2v) is 4.51. The highest BCUT2D eigenvalue weighted by molar-refractivity contribution is 5.76. The molecule has 94 valence electrons. The average Bonchev–Trinajstić information content (AvgIpc) is 2.87. The fourth-order valence-corrected chi connectivity index (χ4v) is 2.20. The second kappa shape index (κ2) is 5.54. The minimum absolute atomic E-state index is 0.221. The van der Waals surface area contributed by atoms with E-state index >= 15 is 0 Å². The van der Waals surface area contributed by atoms with Crippen LogP contribution >= 0.6 is 0 Å². The number of rotatable bonds is 3. The van der Waals surface area contributed by atoms with E-state index in [9.17, 15) is 4.79 Å². The summed E-state index contributed by atoms with van der Waals surface area (Å²) in [4.78, 5) is 13.5. The number of carbonyl (C=O) groups is 1. The molecule has 1 aliphatic heterocycles. The lowest BCUT2D eigenvalue weighted by atomic mass is 10.2. The smallest absolute Gasteiger partial charge is 0.222 e. The largest absolute Gasteiger partial charge is 0.380 e. The SMILES string of the molecule is CCC(=O)N1CCC(Nc2ccc(C#N)cc2)C1. The van der Waals surface area contributed by atoms with Crippen molar-refractivity contribution in [2.75, 3.05) is 18.4 Å². The summed E-state index contributed by atoms with van der Waals surface area (Å²) in [5.41, 5.74) is 1.67. The number of nitrogens with one attached hydrogen (secondary N) is 1. The Balaban J connectivity index is 1.91. The summed E-state index contributed by atoms with van der Waals surface area (Å²) in [5, 5.41) is 12.1. The molecule has 1 aliphatic rings. The first-order valence-corrected chi connectivity index (χ1v) is 6.27. The molecule has 1 heterocycles. The summed E-state index contributed by atoms with van der Waals surface area (Å²) in [6.07, 6.45) is 1.55. The molecule has 0 saturated carbocycles. The van der Waals surface area contributed by atoms with Crippen LogP contribution in [-0.4, -0.2) is 29.9 Å². The highest BCUT2D eigenvalue weighted by Gasteiger charge is 2.24. The number of nitriles is 1. The lowest BCUT2D eigenvalue weighted by Gasteiger charge is -2.17. The van der Waals surface area contributed by atoms with Gasteiger partial charge in [-0.2, -0.15) is 5.26 Å². The Morgan fingerprint density at radius 1 is 1.50 bits per heavy atom. The van der Waals surface area contributed by atoms with Gasteiger partial charge in [0, 0.05) is 31.2 Å². The van der Waals surface area contributed by atoms with Crippen molar-refractivity contribution >= 4 is 11.6 Å². The van der Waals surface area contributed by atoms with Gasteiger partial charge in [-0.15, -0.1) is 0 Å². The average molecular weight is 243 g/mol. The van der Waals surface area contributed by atoms with Gasteiger partial charge >= 0.3 is 0 Å². The van der Waals surface area contributed by atoms with Gasteiger partial charge in [-0.1, -0.05) is 6.92 Å². The number of hydrogen-bond acceptors (Lipinski definition) is 3. The molecule has 1 fully saturated rings. The Labute approximate surface area is 107 Å². The molecular weight excluding hydrogens is 226 g/mol. The summed E-state index contributed by atoms with van der Waals surface area (Å²) in [6.45, 7) is 3.50. The zero-order chi connectivity index (χ0) is 13.0. The minimum Gasteiger partial charge on any atom is -0.380 e. The van der Waals surface area contributed by atoms with Crippen molar-refractivity contribution in [2.45, 2.75) is 25.8 Å². The van der Waals surface area contributed by atoms with E-state index in [4.69, 9.17) is 5.26 Å². The quantitative estimate of drug-likeness (QED) is 0.883. The molecule has 1 aromatic carbocycles. The molecule has 0 bridgehead atoms. The van der Waals surface area contributed by atoms with Crippen LogP contribution in [0.1, 0.15) is 25.3 Å². The van der Waals surface area contributed by atoms with Crippen LogP contribution in [0.3, 0.4) is 0 Å². The normalized spacial score (nSPS) is 18.4. The summed E-state index contributed by atoms with van der Waals surface area (Å²) < 4.78 is 0. The van der Waals surface area contributed by atoms with Crippen molar-refractivity contribution < 1.29 is 4.79 Å². The van der Waals surface area contributed by atoms with E-state index in [1.165, 1.54) is 0 Å². The van der Waals surface area contributed by atoms with Gasteiger partial charge in [-0.25, -0.2) is 0 Å². The van der Waals surface area contributed by atoms with E-state index in [-0.39, 0.29) is 5.91 Å². The summed E-state index contributed by atoms with van der Waals surface area (Å²) in [6, 6.07) is 9.82. The predicted octanol–water partition coefficient (Wildman–Crippen LogP) is 1.98. The molecule has 1 N–H and O–H groups in total. The van der Waals surface area contributed by atoms with Crippen LogP contribution in [-0.2, 0) is 4.79 Å². The van der Waals surface area contributed by atoms with Gasteiger partial charge in [0.2, 0.25) is 5.91 Å². The number of anilines is 1. The molecule has 0 aliphatic carbocycles. The molecule has 0 spiro atoms.